The molecule has 1 aromatic carbocycles. The second-order valence-electron chi connectivity index (χ2n) is 6.35. The molecule has 1 aliphatic rings. The molecule has 0 bridgehead atoms. The number of carbonyl (C=O) groups excluding carboxylic acids is 1. The number of rotatable bonds is 8. The first-order valence-electron chi connectivity index (χ1n) is 8.31. The van der Waals surface area contributed by atoms with Crippen molar-refractivity contribution >= 4 is 18.3 Å². The maximum atomic E-state index is 12.1. The molecule has 0 fully saturated rings. The lowest BCUT2D eigenvalue weighted by Crippen LogP contribution is -2.29. The topological polar surface area (TPSA) is 49.3 Å². The highest BCUT2D eigenvalue weighted by molar-refractivity contribution is 6.68. The highest BCUT2D eigenvalue weighted by Gasteiger charge is 2.25. The van der Waals surface area contributed by atoms with E-state index in [0.717, 1.165) is 37.5 Å². The second kappa shape index (κ2) is 8.18. The predicted octanol–water partition coefficient (Wildman–Crippen LogP) is 2.69. The normalized spacial score (nSPS) is 13.1. The lowest BCUT2D eigenvalue weighted by atomic mass is 9.63. The first-order valence-corrected chi connectivity index (χ1v) is 8.31. The molecular formula is C18H26BNO2. The van der Waals surface area contributed by atoms with Crippen LogP contribution in [-0.4, -0.2) is 24.4 Å². The highest BCUT2D eigenvalue weighted by Crippen LogP contribution is 2.14. The van der Waals surface area contributed by atoms with E-state index in [4.69, 9.17) is 0 Å². The lowest BCUT2D eigenvalue weighted by molar-refractivity contribution is 0.0953. The summed E-state index contributed by atoms with van der Waals surface area (Å²) in [5, 5.41) is 12.9. The Kier molecular flexibility index (Phi) is 6.26. The Morgan fingerprint density at radius 3 is 2.86 bits per heavy atom. The minimum absolute atomic E-state index is 0.0381. The Bertz CT molecular complexity index is 542. The van der Waals surface area contributed by atoms with Crippen molar-refractivity contribution < 1.29 is 9.82 Å². The first-order chi connectivity index (χ1) is 10.6. The lowest BCUT2D eigenvalue weighted by Gasteiger charge is -2.08. The third-order valence-electron chi connectivity index (χ3n) is 4.27. The molecule has 1 amide bonds. The summed E-state index contributed by atoms with van der Waals surface area (Å²) in [6.07, 6.45) is 7.29. The molecule has 2 N–H and O–H groups in total. The Hall–Kier alpha value is -1.55. The number of hydrogen-bond acceptors (Lipinski definition) is 2. The molecule has 4 heteroatoms. The molecule has 3 nitrogen and oxygen atoms in total. The molecule has 22 heavy (non-hydrogen) atoms. The van der Waals surface area contributed by atoms with Crippen molar-refractivity contribution in [3.05, 3.63) is 41.5 Å². The second-order valence-corrected chi connectivity index (χ2v) is 6.35. The molecule has 0 aliphatic carbocycles. The average molecular weight is 299 g/mol. The maximum absolute atomic E-state index is 12.1. The fourth-order valence-corrected chi connectivity index (χ4v) is 2.93. The molecule has 0 unspecified atom stereocenters. The molecule has 1 heterocycles. The van der Waals surface area contributed by atoms with Gasteiger partial charge in [0.1, 0.15) is 0 Å². The summed E-state index contributed by atoms with van der Waals surface area (Å²) in [7, 11) is 0. The zero-order valence-electron chi connectivity index (χ0n) is 13.5. The number of carbonyl (C=O) groups is 1. The van der Waals surface area contributed by atoms with Crippen LogP contribution in [-0.2, 0) is 6.42 Å². The van der Waals surface area contributed by atoms with Crippen LogP contribution in [0.4, 0.5) is 0 Å². The minimum Gasteiger partial charge on any atom is -0.446 e. The average Bonchev–Trinajstić information content (AvgIpc) is 2.86. The zero-order valence-corrected chi connectivity index (χ0v) is 13.5. The van der Waals surface area contributed by atoms with Gasteiger partial charge in [0.15, 0.2) is 0 Å². The molecule has 2 rings (SSSR count). The molecule has 0 radical (unpaired) electrons. The number of fused-ring (bicyclic) bond motifs is 1. The Morgan fingerprint density at radius 2 is 2.09 bits per heavy atom. The Morgan fingerprint density at radius 1 is 1.32 bits per heavy atom. The maximum Gasteiger partial charge on any atom is 0.324 e. The van der Waals surface area contributed by atoms with Gasteiger partial charge in [0.25, 0.3) is 5.91 Å². The summed E-state index contributed by atoms with van der Waals surface area (Å²) in [6, 6.07) is 5.67. The molecule has 0 saturated carbocycles. The molecule has 0 spiro atoms. The van der Waals surface area contributed by atoms with Crippen molar-refractivity contribution in [2.24, 2.45) is 0 Å². The SMILES string of the molecule is C=C(C)CCCCCCNC(=O)c1ccc2c(c1)B(O)CC2. The third kappa shape index (κ3) is 4.74. The minimum atomic E-state index is -0.406. The number of hydrogen-bond donors (Lipinski definition) is 2. The molecule has 0 atom stereocenters. The summed E-state index contributed by atoms with van der Waals surface area (Å²) in [4.78, 5) is 12.1. The molecular weight excluding hydrogens is 273 g/mol. The molecule has 1 aromatic rings. The fourth-order valence-electron chi connectivity index (χ4n) is 2.93. The van der Waals surface area contributed by atoms with Crippen LogP contribution in [0, 0.1) is 0 Å². The van der Waals surface area contributed by atoms with E-state index in [2.05, 4.69) is 18.8 Å². The van der Waals surface area contributed by atoms with Gasteiger partial charge in [0, 0.05) is 12.1 Å². The van der Waals surface area contributed by atoms with Crippen molar-refractivity contribution in [3.63, 3.8) is 0 Å². The smallest absolute Gasteiger partial charge is 0.324 e. The number of nitrogens with one attached hydrogen (secondary N) is 1. The van der Waals surface area contributed by atoms with Crippen LogP contribution >= 0.6 is 0 Å². The summed E-state index contributed by atoms with van der Waals surface area (Å²) in [5.74, 6) is -0.0381. The number of unbranched alkanes of at least 4 members (excludes halogenated alkanes) is 3. The summed E-state index contributed by atoms with van der Waals surface area (Å²) in [6.45, 7) is 6.27. The van der Waals surface area contributed by atoms with Crippen LogP contribution in [0.25, 0.3) is 0 Å². The quantitative estimate of drug-likeness (QED) is 0.440. The van der Waals surface area contributed by atoms with Crippen LogP contribution in [0.5, 0.6) is 0 Å². The first kappa shape index (κ1) is 16.8. The van der Waals surface area contributed by atoms with Crippen LogP contribution < -0.4 is 10.8 Å². The number of amides is 1. The van der Waals surface area contributed by atoms with Crippen LogP contribution in [0.2, 0.25) is 6.32 Å². The predicted molar refractivity (Wildman–Crippen MR) is 92.8 cm³/mol. The van der Waals surface area contributed by atoms with Crippen LogP contribution in [0.1, 0.15) is 54.9 Å². The van der Waals surface area contributed by atoms with E-state index < -0.39 is 6.92 Å². The van der Waals surface area contributed by atoms with Crippen molar-refractivity contribution in [1.82, 2.24) is 5.32 Å². The van der Waals surface area contributed by atoms with Gasteiger partial charge in [-0.15, -0.1) is 6.58 Å². The van der Waals surface area contributed by atoms with Gasteiger partial charge in [-0.3, -0.25) is 4.79 Å². The zero-order chi connectivity index (χ0) is 15.9. The Labute approximate surface area is 133 Å². The number of aryl methyl sites for hydroxylation is 1. The van der Waals surface area contributed by atoms with Gasteiger partial charge in [0.2, 0.25) is 0 Å². The number of benzene rings is 1. The summed E-state index contributed by atoms with van der Waals surface area (Å²) < 4.78 is 0. The van der Waals surface area contributed by atoms with Crippen LogP contribution in [0.3, 0.4) is 0 Å². The van der Waals surface area contributed by atoms with E-state index in [1.807, 2.05) is 18.2 Å². The molecule has 0 aromatic heterocycles. The van der Waals surface area contributed by atoms with Gasteiger partial charge in [-0.05, 0) is 50.5 Å². The third-order valence-corrected chi connectivity index (χ3v) is 4.27. The van der Waals surface area contributed by atoms with E-state index in [-0.39, 0.29) is 5.91 Å². The molecule has 118 valence electrons. The van der Waals surface area contributed by atoms with Gasteiger partial charge in [-0.1, -0.05) is 36.1 Å². The van der Waals surface area contributed by atoms with Gasteiger partial charge in [0.05, 0.1) is 0 Å². The Balaban J connectivity index is 1.70. The monoisotopic (exact) mass is 299 g/mol. The van der Waals surface area contributed by atoms with E-state index >= 15 is 0 Å². The van der Waals surface area contributed by atoms with E-state index in [1.54, 1.807) is 0 Å². The van der Waals surface area contributed by atoms with Crippen LogP contribution in [0.15, 0.2) is 30.4 Å². The van der Waals surface area contributed by atoms with E-state index in [0.29, 0.717) is 12.1 Å². The van der Waals surface area contributed by atoms with Crippen molar-refractivity contribution in [1.29, 1.82) is 0 Å². The van der Waals surface area contributed by atoms with Gasteiger partial charge < -0.3 is 10.3 Å². The van der Waals surface area contributed by atoms with Crippen molar-refractivity contribution in [3.8, 4) is 0 Å². The number of allylic oxidation sites excluding steroid dienone is 1. The van der Waals surface area contributed by atoms with Gasteiger partial charge >= 0.3 is 6.92 Å². The highest BCUT2D eigenvalue weighted by atomic mass is 16.2. The largest absolute Gasteiger partial charge is 0.446 e. The fraction of sp³-hybridized carbons (Fsp3) is 0.500. The van der Waals surface area contributed by atoms with Crippen molar-refractivity contribution in [2.75, 3.05) is 6.54 Å². The summed E-state index contributed by atoms with van der Waals surface area (Å²) >= 11 is 0. The van der Waals surface area contributed by atoms with Gasteiger partial charge in [-0.25, -0.2) is 0 Å². The standard InChI is InChI=1S/C18H26BNO2/c1-14(2)7-5-3-4-6-12-20-18(21)16-9-8-15-10-11-19(22)17(15)13-16/h8-9,13,22H,1,3-7,10-12H2,2H3,(H,20,21). The summed E-state index contributed by atoms with van der Waals surface area (Å²) in [5.41, 5.74) is 3.99. The molecule has 1 aliphatic heterocycles. The van der Waals surface area contributed by atoms with Gasteiger partial charge in [-0.2, -0.15) is 0 Å². The van der Waals surface area contributed by atoms with Crippen molar-refractivity contribution in [2.45, 2.75) is 51.8 Å². The molecule has 0 saturated heterocycles. The van der Waals surface area contributed by atoms with E-state index in [9.17, 15) is 9.82 Å². The van der Waals surface area contributed by atoms with E-state index in [1.165, 1.54) is 24.0 Å².